The number of rotatable bonds is 13. The second-order valence-corrected chi connectivity index (χ2v) is 11.2. The number of hydrogen-bond donors (Lipinski definition) is 3. The van der Waals surface area contributed by atoms with Gasteiger partial charge in [0.1, 0.15) is 0 Å². The third kappa shape index (κ3) is 8.64. The first-order valence-electron chi connectivity index (χ1n) is 14.3. The third-order valence-electron chi connectivity index (χ3n) is 7.70. The van der Waals surface area contributed by atoms with Crippen molar-refractivity contribution in [1.29, 1.82) is 0 Å². The maximum atomic E-state index is 12.6. The van der Waals surface area contributed by atoms with Crippen molar-refractivity contribution in [2.45, 2.75) is 38.4 Å². The number of nitrogens with zero attached hydrogens (tertiary/aromatic N) is 2. The molecule has 1 heterocycles. The standard InChI is InChI=1S/C32H39N5O4S/c1-23(27-14-8-12-25-11-6-7-13-28(25)27)36-17-15-26(16-18-36)37(42-2)22-31(40)34-21-30(39)33-20-29(38)32(41)35-19-24-9-4-3-5-10-24/h3-14,23,26H,15-22H2,1-2H3,(H,33,39)(H,34,40)(H,35,41). The van der Waals surface area contributed by atoms with E-state index in [1.54, 1.807) is 0 Å². The molecular weight excluding hydrogens is 550 g/mol. The zero-order valence-corrected chi connectivity index (χ0v) is 25.0. The summed E-state index contributed by atoms with van der Waals surface area (Å²) >= 11 is 1.53. The van der Waals surface area contributed by atoms with Crippen molar-refractivity contribution in [3.05, 3.63) is 83.9 Å². The molecule has 0 aromatic heterocycles. The van der Waals surface area contributed by atoms with Crippen molar-refractivity contribution < 1.29 is 19.2 Å². The number of carbonyl (C=O) groups excluding carboxylic acids is 4. The molecule has 1 aliphatic heterocycles. The summed E-state index contributed by atoms with van der Waals surface area (Å²) in [6, 6.07) is 24.7. The summed E-state index contributed by atoms with van der Waals surface area (Å²) in [4.78, 5) is 51.3. The number of fused-ring (bicyclic) bond motifs is 1. The van der Waals surface area contributed by atoms with Crippen molar-refractivity contribution in [3.63, 3.8) is 0 Å². The van der Waals surface area contributed by atoms with Crippen LogP contribution in [0.3, 0.4) is 0 Å². The largest absolute Gasteiger partial charge is 0.347 e. The highest BCUT2D eigenvalue weighted by Crippen LogP contribution is 2.31. The smallest absolute Gasteiger partial charge is 0.289 e. The number of piperidine rings is 1. The van der Waals surface area contributed by atoms with E-state index in [-0.39, 0.29) is 31.6 Å². The first kappa shape index (κ1) is 31.2. The normalized spacial score (nSPS) is 14.8. The average molecular weight is 590 g/mol. The quantitative estimate of drug-likeness (QED) is 0.208. The van der Waals surface area contributed by atoms with Gasteiger partial charge in [0.05, 0.1) is 19.6 Å². The Morgan fingerprint density at radius 3 is 2.26 bits per heavy atom. The molecule has 0 bridgehead atoms. The third-order valence-corrected chi connectivity index (χ3v) is 8.60. The van der Waals surface area contributed by atoms with Crippen LogP contribution in [0.5, 0.6) is 0 Å². The topological polar surface area (TPSA) is 111 Å². The lowest BCUT2D eigenvalue weighted by Gasteiger charge is -2.40. The van der Waals surface area contributed by atoms with E-state index < -0.39 is 24.1 Å². The maximum Gasteiger partial charge on any atom is 0.289 e. The van der Waals surface area contributed by atoms with E-state index in [1.807, 2.05) is 36.6 Å². The molecule has 1 aliphatic rings. The molecule has 1 atom stereocenters. The number of ketones is 1. The number of hydrogen-bond acceptors (Lipinski definition) is 7. The Bertz CT molecular complexity index is 1370. The van der Waals surface area contributed by atoms with Gasteiger partial charge in [-0.1, -0.05) is 84.7 Å². The molecule has 3 aromatic rings. The average Bonchev–Trinajstić information content (AvgIpc) is 3.04. The summed E-state index contributed by atoms with van der Waals surface area (Å²) in [5.74, 6) is -2.31. The predicted octanol–water partition coefficient (Wildman–Crippen LogP) is 3.06. The highest BCUT2D eigenvalue weighted by Gasteiger charge is 2.29. The molecular formula is C32H39N5O4S. The van der Waals surface area contributed by atoms with Gasteiger partial charge in [-0.2, -0.15) is 0 Å². The van der Waals surface area contributed by atoms with Gasteiger partial charge in [-0.3, -0.25) is 24.1 Å². The Labute approximate surface area is 251 Å². The second kappa shape index (κ2) is 15.5. The number of Topliss-reactive ketones (excluding diaryl/α,β-unsaturated/α-hetero) is 1. The minimum atomic E-state index is -0.767. The predicted molar refractivity (Wildman–Crippen MR) is 166 cm³/mol. The van der Waals surface area contributed by atoms with Crippen LogP contribution >= 0.6 is 11.9 Å². The van der Waals surface area contributed by atoms with Gasteiger partial charge in [0.2, 0.25) is 17.6 Å². The molecule has 3 aromatic carbocycles. The van der Waals surface area contributed by atoms with Gasteiger partial charge in [-0.15, -0.1) is 0 Å². The van der Waals surface area contributed by atoms with Crippen molar-refractivity contribution in [3.8, 4) is 0 Å². The summed E-state index contributed by atoms with van der Waals surface area (Å²) < 4.78 is 2.08. The van der Waals surface area contributed by atoms with Gasteiger partial charge in [0.15, 0.2) is 0 Å². The molecule has 3 N–H and O–H groups in total. The zero-order chi connectivity index (χ0) is 29.9. The van der Waals surface area contributed by atoms with Crippen LogP contribution in [0.15, 0.2) is 72.8 Å². The van der Waals surface area contributed by atoms with Crippen LogP contribution in [-0.4, -0.2) is 77.7 Å². The summed E-state index contributed by atoms with van der Waals surface area (Å²) in [6.07, 6.45) is 3.84. The molecule has 9 nitrogen and oxygen atoms in total. The van der Waals surface area contributed by atoms with Crippen LogP contribution in [0.25, 0.3) is 10.8 Å². The molecule has 0 spiro atoms. The van der Waals surface area contributed by atoms with Crippen LogP contribution < -0.4 is 16.0 Å². The fraction of sp³-hybridized carbons (Fsp3) is 0.375. The van der Waals surface area contributed by atoms with Crippen molar-refractivity contribution in [2.24, 2.45) is 0 Å². The fourth-order valence-corrected chi connectivity index (χ4v) is 6.05. The van der Waals surface area contributed by atoms with E-state index in [2.05, 4.69) is 74.5 Å². The van der Waals surface area contributed by atoms with Gasteiger partial charge >= 0.3 is 0 Å². The van der Waals surface area contributed by atoms with Crippen LogP contribution in [0.1, 0.15) is 36.9 Å². The molecule has 1 unspecified atom stereocenters. The Balaban J connectivity index is 1.16. The highest BCUT2D eigenvalue weighted by molar-refractivity contribution is 7.96. The van der Waals surface area contributed by atoms with Gasteiger partial charge in [0.25, 0.3) is 5.91 Å². The van der Waals surface area contributed by atoms with Crippen LogP contribution in [0.4, 0.5) is 0 Å². The van der Waals surface area contributed by atoms with E-state index >= 15 is 0 Å². The Hall–Kier alpha value is -3.73. The lowest BCUT2D eigenvalue weighted by atomic mass is 9.96. The van der Waals surface area contributed by atoms with Crippen LogP contribution in [0.2, 0.25) is 0 Å². The van der Waals surface area contributed by atoms with Crippen molar-refractivity contribution in [1.82, 2.24) is 25.2 Å². The number of benzene rings is 3. The molecule has 0 aliphatic carbocycles. The zero-order valence-electron chi connectivity index (χ0n) is 24.2. The molecule has 222 valence electrons. The first-order valence-corrected chi connectivity index (χ1v) is 15.4. The number of nitrogens with one attached hydrogen (secondary N) is 3. The number of likely N-dealkylation sites (tertiary alicyclic amines) is 1. The SMILES string of the molecule is CSN(CC(=O)NCC(=O)NCC(=O)C(=O)NCc1ccccc1)C1CCN(C(C)c2cccc3ccccc23)CC1. The van der Waals surface area contributed by atoms with Gasteiger partial charge in [-0.05, 0) is 47.9 Å². The molecule has 1 fully saturated rings. The Kier molecular flexibility index (Phi) is 11.5. The molecule has 4 rings (SSSR count). The number of carbonyl (C=O) groups is 4. The summed E-state index contributed by atoms with van der Waals surface area (Å²) in [6.45, 7) is 3.83. The van der Waals surface area contributed by atoms with Crippen LogP contribution in [0, 0.1) is 0 Å². The lowest BCUT2D eigenvalue weighted by Crippen LogP contribution is -2.47. The minimum Gasteiger partial charge on any atom is -0.347 e. The molecule has 0 saturated carbocycles. The summed E-state index contributed by atoms with van der Waals surface area (Å²) in [5.41, 5.74) is 2.20. The highest BCUT2D eigenvalue weighted by atomic mass is 32.2. The summed E-state index contributed by atoms with van der Waals surface area (Å²) in [7, 11) is 0. The lowest BCUT2D eigenvalue weighted by molar-refractivity contribution is -0.138. The van der Waals surface area contributed by atoms with E-state index in [1.165, 1.54) is 28.3 Å². The molecule has 1 saturated heterocycles. The van der Waals surface area contributed by atoms with E-state index in [0.717, 1.165) is 31.5 Å². The first-order chi connectivity index (χ1) is 20.4. The Morgan fingerprint density at radius 1 is 0.857 bits per heavy atom. The van der Waals surface area contributed by atoms with Gasteiger partial charge in [-0.25, -0.2) is 4.31 Å². The second-order valence-electron chi connectivity index (χ2n) is 10.4. The molecule has 3 amide bonds. The van der Waals surface area contributed by atoms with E-state index in [4.69, 9.17) is 0 Å². The number of amides is 3. The monoisotopic (exact) mass is 589 g/mol. The van der Waals surface area contributed by atoms with Crippen LogP contribution in [-0.2, 0) is 25.7 Å². The van der Waals surface area contributed by atoms with Crippen molar-refractivity contribution >= 4 is 46.2 Å². The van der Waals surface area contributed by atoms with E-state index in [9.17, 15) is 19.2 Å². The fourth-order valence-electron chi connectivity index (χ4n) is 5.29. The maximum absolute atomic E-state index is 12.6. The van der Waals surface area contributed by atoms with Gasteiger partial charge in [0, 0.05) is 31.7 Å². The Morgan fingerprint density at radius 2 is 1.52 bits per heavy atom. The summed E-state index contributed by atoms with van der Waals surface area (Å²) in [5, 5.41) is 10.1. The minimum absolute atomic E-state index is 0.165. The molecule has 0 radical (unpaired) electrons. The molecule has 10 heteroatoms. The molecule has 42 heavy (non-hydrogen) atoms. The van der Waals surface area contributed by atoms with E-state index in [0.29, 0.717) is 6.04 Å². The van der Waals surface area contributed by atoms with Gasteiger partial charge < -0.3 is 16.0 Å². The van der Waals surface area contributed by atoms with Crippen molar-refractivity contribution in [2.75, 3.05) is 39.0 Å².